The molecule has 0 unspecified atom stereocenters. The van der Waals surface area contributed by atoms with E-state index in [-0.39, 0.29) is 0 Å². The van der Waals surface area contributed by atoms with Gasteiger partial charge in [-0.1, -0.05) is 200 Å². The van der Waals surface area contributed by atoms with Crippen molar-refractivity contribution in [3.8, 4) is 33.4 Å². The fourth-order valence-electron chi connectivity index (χ4n) is 11.6. The van der Waals surface area contributed by atoms with Crippen LogP contribution in [-0.4, -0.2) is 0 Å². The highest BCUT2D eigenvalue weighted by atomic mass is 15.1. The first kappa shape index (κ1) is 34.2. The summed E-state index contributed by atoms with van der Waals surface area (Å²) in [5.74, 6) is 0. The summed E-state index contributed by atoms with van der Waals surface area (Å²) < 4.78 is 0. The molecule has 0 bridgehead atoms. The summed E-state index contributed by atoms with van der Waals surface area (Å²) in [7, 11) is 0. The Labute approximate surface area is 356 Å². The van der Waals surface area contributed by atoms with Gasteiger partial charge in [0.05, 0.1) is 10.8 Å². The van der Waals surface area contributed by atoms with Gasteiger partial charge in [-0.15, -0.1) is 0 Å². The molecule has 0 radical (unpaired) electrons. The Hall–Kier alpha value is -7.74. The van der Waals surface area contributed by atoms with Crippen molar-refractivity contribution in [2.45, 2.75) is 10.8 Å². The Morgan fingerprint density at radius 2 is 0.574 bits per heavy atom. The molecule has 0 heterocycles. The summed E-state index contributed by atoms with van der Waals surface area (Å²) in [5.41, 5.74) is 20.7. The smallest absolute Gasteiger partial charge is 0.0726 e. The molecule has 1 nitrogen and oxygen atoms in total. The summed E-state index contributed by atoms with van der Waals surface area (Å²) in [5, 5.41) is 2.44. The second kappa shape index (κ2) is 12.9. The minimum Gasteiger partial charge on any atom is -0.310 e. The maximum atomic E-state index is 2.51. The molecule has 10 aromatic rings. The van der Waals surface area contributed by atoms with Gasteiger partial charge < -0.3 is 4.90 Å². The van der Waals surface area contributed by atoms with Crippen molar-refractivity contribution >= 4 is 27.8 Å². The van der Waals surface area contributed by atoms with Crippen molar-refractivity contribution in [1.29, 1.82) is 0 Å². The Morgan fingerprint density at radius 1 is 0.230 bits per heavy atom. The van der Waals surface area contributed by atoms with E-state index in [9.17, 15) is 0 Å². The summed E-state index contributed by atoms with van der Waals surface area (Å²) >= 11 is 0. The predicted octanol–water partition coefficient (Wildman–Crippen LogP) is 15.0. The molecule has 3 aliphatic rings. The van der Waals surface area contributed by atoms with Crippen LogP contribution in [0, 0.1) is 0 Å². The van der Waals surface area contributed by atoms with Crippen LogP contribution in [0.25, 0.3) is 44.2 Å². The zero-order valence-electron chi connectivity index (χ0n) is 33.5. The molecule has 0 saturated carbocycles. The molecule has 3 aliphatic carbocycles. The fourth-order valence-corrected chi connectivity index (χ4v) is 11.6. The average Bonchev–Trinajstić information content (AvgIpc) is 3.92. The Kier molecular flexibility index (Phi) is 7.21. The molecule has 1 spiro atoms. The van der Waals surface area contributed by atoms with Crippen LogP contribution < -0.4 is 4.90 Å². The lowest BCUT2D eigenvalue weighted by Gasteiger charge is -2.35. The quantitative estimate of drug-likeness (QED) is 0.168. The van der Waals surface area contributed by atoms with Crippen LogP contribution in [0.4, 0.5) is 17.1 Å². The summed E-state index contributed by atoms with van der Waals surface area (Å²) in [6, 6.07) is 88.5. The Balaban J connectivity index is 1.10. The maximum Gasteiger partial charge on any atom is 0.0726 e. The molecule has 1 heteroatoms. The topological polar surface area (TPSA) is 3.24 Å². The van der Waals surface area contributed by atoms with Crippen LogP contribution in [-0.2, 0) is 10.8 Å². The van der Waals surface area contributed by atoms with Crippen LogP contribution in [0.1, 0.15) is 44.5 Å². The highest BCUT2D eigenvalue weighted by Crippen LogP contribution is 2.64. The number of rotatable bonds is 5. The first-order chi connectivity index (χ1) is 30.3. The molecule has 0 aromatic heterocycles. The van der Waals surface area contributed by atoms with E-state index >= 15 is 0 Å². The van der Waals surface area contributed by atoms with Gasteiger partial charge >= 0.3 is 0 Å². The highest BCUT2D eigenvalue weighted by molar-refractivity contribution is 5.97. The third kappa shape index (κ3) is 4.55. The van der Waals surface area contributed by atoms with Gasteiger partial charge in [-0.2, -0.15) is 0 Å². The van der Waals surface area contributed by atoms with Crippen molar-refractivity contribution in [1.82, 2.24) is 0 Å². The lowest BCUT2D eigenvalue weighted by molar-refractivity contribution is 0.768. The summed E-state index contributed by atoms with van der Waals surface area (Å²) in [4.78, 5) is 2.50. The van der Waals surface area contributed by atoms with Gasteiger partial charge in [0, 0.05) is 17.1 Å². The molecule has 0 amide bonds. The standard InChI is InChI=1S/C60H39N/c1-3-19-42(20-4-1)59(43-21-5-2-6-22-43)53-27-13-9-25-49(53)51-35-33-45(38-57(51)59)61(44-32-31-40-17-7-8-18-41(40)37-44)46-34-36-52-50-26-12-16-30-56(50)60(58(52)39-46)54-28-14-10-23-47(54)48-24-11-15-29-55(48)60/h1-39H. The Morgan fingerprint density at radius 3 is 1.07 bits per heavy atom. The van der Waals surface area contributed by atoms with Gasteiger partial charge in [-0.25, -0.2) is 0 Å². The van der Waals surface area contributed by atoms with E-state index in [1.54, 1.807) is 0 Å². The molecule has 61 heavy (non-hydrogen) atoms. The molecule has 284 valence electrons. The van der Waals surface area contributed by atoms with E-state index in [1.807, 2.05) is 0 Å². The molecule has 10 aromatic carbocycles. The molecule has 0 saturated heterocycles. The number of fused-ring (bicyclic) bond motifs is 14. The van der Waals surface area contributed by atoms with Crippen molar-refractivity contribution in [3.63, 3.8) is 0 Å². The maximum absolute atomic E-state index is 2.51. The average molecular weight is 774 g/mol. The number of nitrogens with zero attached hydrogens (tertiary/aromatic N) is 1. The van der Waals surface area contributed by atoms with Crippen molar-refractivity contribution < 1.29 is 0 Å². The number of hydrogen-bond donors (Lipinski definition) is 0. The van der Waals surface area contributed by atoms with Crippen molar-refractivity contribution in [2.24, 2.45) is 0 Å². The van der Waals surface area contributed by atoms with Crippen LogP contribution in [0.5, 0.6) is 0 Å². The fraction of sp³-hybridized carbons (Fsp3) is 0.0333. The van der Waals surface area contributed by atoms with Gasteiger partial charge in [0.1, 0.15) is 0 Å². The van der Waals surface area contributed by atoms with E-state index in [4.69, 9.17) is 0 Å². The van der Waals surface area contributed by atoms with Gasteiger partial charge in [-0.05, 0) is 125 Å². The second-order valence-electron chi connectivity index (χ2n) is 16.7. The van der Waals surface area contributed by atoms with E-state index in [2.05, 4.69) is 241 Å². The minimum absolute atomic E-state index is 0.445. The van der Waals surface area contributed by atoms with E-state index < -0.39 is 10.8 Å². The van der Waals surface area contributed by atoms with Gasteiger partial charge in [0.15, 0.2) is 0 Å². The van der Waals surface area contributed by atoms with Crippen LogP contribution in [0.2, 0.25) is 0 Å². The van der Waals surface area contributed by atoms with E-state index in [0.717, 1.165) is 17.1 Å². The van der Waals surface area contributed by atoms with Gasteiger partial charge in [-0.3, -0.25) is 0 Å². The lowest BCUT2D eigenvalue weighted by atomic mass is 9.67. The second-order valence-corrected chi connectivity index (χ2v) is 16.7. The molecule has 13 rings (SSSR count). The minimum atomic E-state index is -0.513. The first-order valence-corrected chi connectivity index (χ1v) is 21.3. The summed E-state index contributed by atoms with van der Waals surface area (Å²) in [6.45, 7) is 0. The normalized spacial score (nSPS) is 14.2. The zero-order chi connectivity index (χ0) is 40.1. The molecular formula is C60H39N. The molecule has 0 atom stereocenters. The molecular weight excluding hydrogens is 735 g/mol. The van der Waals surface area contributed by atoms with Crippen LogP contribution >= 0.6 is 0 Å². The lowest BCUT2D eigenvalue weighted by Crippen LogP contribution is -2.28. The number of hydrogen-bond acceptors (Lipinski definition) is 1. The Bertz CT molecular complexity index is 3170. The molecule has 0 fully saturated rings. The largest absolute Gasteiger partial charge is 0.310 e. The van der Waals surface area contributed by atoms with Crippen LogP contribution in [0.15, 0.2) is 237 Å². The monoisotopic (exact) mass is 773 g/mol. The van der Waals surface area contributed by atoms with Gasteiger partial charge in [0.2, 0.25) is 0 Å². The molecule has 0 aliphatic heterocycles. The van der Waals surface area contributed by atoms with E-state index in [1.165, 1.54) is 88.7 Å². The van der Waals surface area contributed by atoms with Crippen molar-refractivity contribution in [3.05, 3.63) is 281 Å². The SMILES string of the molecule is c1ccc(C2(c3ccccc3)c3ccccc3-c3ccc(N(c4ccc5c(c4)C4(c6ccccc6-c6ccccc64)c4ccccc4-5)c4ccc5ccccc5c4)cc32)cc1. The third-order valence-electron chi connectivity index (χ3n) is 13.9. The first-order valence-electron chi connectivity index (χ1n) is 21.3. The number of benzene rings is 10. The highest BCUT2D eigenvalue weighted by Gasteiger charge is 2.52. The number of anilines is 3. The van der Waals surface area contributed by atoms with Crippen molar-refractivity contribution in [2.75, 3.05) is 4.90 Å². The van der Waals surface area contributed by atoms with Gasteiger partial charge in [0.25, 0.3) is 0 Å². The molecule has 0 N–H and O–H groups in total. The van der Waals surface area contributed by atoms with E-state index in [0.29, 0.717) is 0 Å². The predicted molar refractivity (Wildman–Crippen MR) is 252 cm³/mol. The van der Waals surface area contributed by atoms with Crippen LogP contribution in [0.3, 0.4) is 0 Å². The third-order valence-corrected chi connectivity index (χ3v) is 13.9. The zero-order valence-corrected chi connectivity index (χ0v) is 33.5. The summed E-state index contributed by atoms with van der Waals surface area (Å²) in [6.07, 6.45) is 0.